The number of carboxylic acid groups (broad SMARTS) is 1. The number of amides is 2. The molecule has 0 atom stereocenters. The molecule has 0 spiro atoms. The van der Waals surface area contributed by atoms with Crippen LogP contribution in [0.1, 0.15) is 40.7 Å². The van der Waals surface area contributed by atoms with Crippen molar-refractivity contribution in [2.24, 2.45) is 0 Å². The zero-order valence-corrected chi connectivity index (χ0v) is 19.2. The van der Waals surface area contributed by atoms with Crippen molar-refractivity contribution >= 4 is 45.1 Å². The van der Waals surface area contributed by atoms with E-state index in [4.69, 9.17) is 0 Å². The Morgan fingerprint density at radius 1 is 1.03 bits per heavy atom. The minimum atomic E-state index is -1.11. The fourth-order valence-electron chi connectivity index (χ4n) is 3.34. The largest absolute Gasteiger partial charge is 0.478 e. The first-order valence-electron chi connectivity index (χ1n) is 10.2. The molecule has 1 saturated carbocycles. The number of aryl methyl sites for hydroxylation is 2. The minimum Gasteiger partial charge on any atom is -0.478 e. The van der Waals surface area contributed by atoms with Crippen LogP contribution < -0.4 is 10.6 Å². The molecule has 0 aromatic heterocycles. The van der Waals surface area contributed by atoms with Gasteiger partial charge in [0, 0.05) is 29.2 Å². The molecule has 0 saturated heterocycles. The van der Waals surface area contributed by atoms with E-state index in [0.717, 1.165) is 29.7 Å². The van der Waals surface area contributed by atoms with Crippen molar-refractivity contribution in [2.75, 3.05) is 23.7 Å². The molecule has 1 fully saturated rings. The van der Waals surface area contributed by atoms with E-state index in [2.05, 4.69) is 26.6 Å². The molecular formula is C23H26BrN3O4. The quantitative estimate of drug-likeness (QED) is 0.492. The second-order valence-electron chi connectivity index (χ2n) is 7.86. The van der Waals surface area contributed by atoms with Crippen molar-refractivity contribution in [3.8, 4) is 0 Å². The topological polar surface area (TPSA) is 98.7 Å². The summed E-state index contributed by atoms with van der Waals surface area (Å²) in [7, 11) is 0. The molecule has 1 aliphatic carbocycles. The molecule has 0 bridgehead atoms. The van der Waals surface area contributed by atoms with E-state index in [1.807, 2.05) is 36.9 Å². The second kappa shape index (κ2) is 10.1. The van der Waals surface area contributed by atoms with Crippen molar-refractivity contribution < 1.29 is 19.5 Å². The molecule has 3 N–H and O–H groups in total. The van der Waals surface area contributed by atoms with E-state index in [1.165, 1.54) is 6.07 Å². The van der Waals surface area contributed by atoms with E-state index in [9.17, 15) is 19.5 Å². The molecule has 2 aromatic rings. The molecule has 7 nitrogen and oxygen atoms in total. The summed E-state index contributed by atoms with van der Waals surface area (Å²) in [6.07, 6.45) is 2.19. The molecular weight excluding hydrogens is 462 g/mol. The highest BCUT2D eigenvalue weighted by atomic mass is 79.9. The van der Waals surface area contributed by atoms with Crippen LogP contribution >= 0.6 is 15.9 Å². The number of carbonyl (C=O) groups excluding carboxylic acids is 2. The van der Waals surface area contributed by atoms with Gasteiger partial charge in [-0.2, -0.15) is 0 Å². The van der Waals surface area contributed by atoms with Gasteiger partial charge in [0.2, 0.25) is 11.8 Å². The van der Waals surface area contributed by atoms with Gasteiger partial charge < -0.3 is 15.7 Å². The zero-order chi connectivity index (χ0) is 22.5. The first-order valence-corrected chi connectivity index (χ1v) is 11.0. The number of hydrogen-bond donors (Lipinski definition) is 3. The zero-order valence-electron chi connectivity index (χ0n) is 17.6. The maximum atomic E-state index is 12.6. The molecule has 0 aliphatic heterocycles. The smallest absolute Gasteiger partial charge is 0.337 e. The molecule has 164 valence electrons. The van der Waals surface area contributed by atoms with Gasteiger partial charge in [0.05, 0.1) is 17.8 Å². The predicted molar refractivity (Wildman–Crippen MR) is 123 cm³/mol. The van der Waals surface area contributed by atoms with Gasteiger partial charge >= 0.3 is 5.97 Å². The Morgan fingerprint density at radius 2 is 1.74 bits per heavy atom. The van der Waals surface area contributed by atoms with Crippen molar-refractivity contribution in [3.05, 3.63) is 57.6 Å². The molecule has 0 unspecified atom stereocenters. The maximum absolute atomic E-state index is 12.6. The van der Waals surface area contributed by atoms with Crippen molar-refractivity contribution in [1.29, 1.82) is 0 Å². The summed E-state index contributed by atoms with van der Waals surface area (Å²) in [5.41, 5.74) is 3.15. The van der Waals surface area contributed by atoms with Crippen LogP contribution in [0.5, 0.6) is 0 Å². The fraction of sp³-hybridized carbons (Fsp3) is 0.348. The van der Waals surface area contributed by atoms with Crippen LogP contribution in [0, 0.1) is 13.8 Å². The number of anilines is 2. The molecule has 2 amide bonds. The average Bonchev–Trinajstić information content (AvgIpc) is 3.54. The summed E-state index contributed by atoms with van der Waals surface area (Å²) in [5, 5.41) is 15.0. The molecule has 2 aromatic carbocycles. The average molecular weight is 488 g/mol. The Balaban J connectivity index is 1.56. The lowest BCUT2D eigenvalue weighted by Crippen LogP contribution is -2.37. The third kappa shape index (κ3) is 6.63. The Labute approximate surface area is 190 Å². The number of carboxylic acids is 1. The molecule has 3 rings (SSSR count). The summed E-state index contributed by atoms with van der Waals surface area (Å²) in [6, 6.07) is 10.9. The van der Waals surface area contributed by atoms with Crippen LogP contribution in [0.15, 0.2) is 40.9 Å². The third-order valence-corrected chi connectivity index (χ3v) is 5.68. The summed E-state index contributed by atoms with van der Waals surface area (Å²) in [4.78, 5) is 38.4. The van der Waals surface area contributed by atoms with Gasteiger partial charge in [-0.25, -0.2) is 4.79 Å². The van der Waals surface area contributed by atoms with Crippen LogP contribution in [0.25, 0.3) is 0 Å². The molecule has 31 heavy (non-hydrogen) atoms. The van der Waals surface area contributed by atoms with Gasteiger partial charge in [0.15, 0.2) is 0 Å². The van der Waals surface area contributed by atoms with Crippen LogP contribution in [0.3, 0.4) is 0 Å². The Morgan fingerprint density at radius 3 is 2.42 bits per heavy atom. The standard InChI is InChI=1S/C23H26BrN3O4/c1-14-3-4-15(2)20(11-14)26-22(29)13-27(17-6-7-17)10-9-21(28)25-19-8-5-16(24)12-18(19)23(30)31/h3-5,8,11-12,17H,6-7,9-10,13H2,1-2H3,(H,25,28)(H,26,29)(H,30,31). The Bertz CT molecular complexity index is 1000. The molecule has 0 heterocycles. The van der Waals surface area contributed by atoms with E-state index in [-0.39, 0.29) is 36.0 Å². The number of rotatable bonds is 9. The number of nitrogens with one attached hydrogen (secondary N) is 2. The van der Waals surface area contributed by atoms with Gasteiger partial charge in [0.1, 0.15) is 0 Å². The molecule has 1 aliphatic rings. The highest BCUT2D eigenvalue weighted by Crippen LogP contribution is 2.27. The summed E-state index contributed by atoms with van der Waals surface area (Å²) >= 11 is 3.24. The Kier molecular flexibility index (Phi) is 7.46. The lowest BCUT2D eigenvalue weighted by molar-refractivity contribution is -0.119. The van der Waals surface area contributed by atoms with Crippen molar-refractivity contribution in [2.45, 2.75) is 39.2 Å². The van der Waals surface area contributed by atoms with Gasteiger partial charge in [-0.05, 0) is 62.1 Å². The third-order valence-electron chi connectivity index (χ3n) is 5.19. The number of carbonyl (C=O) groups is 3. The van der Waals surface area contributed by atoms with Crippen LogP contribution in [-0.4, -0.2) is 46.9 Å². The first-order chi connectivity index (χ1) is 14.7. The highest BCUT2D eigenvalue weighted by molar-refractivity contribution is 9.10. The number of aromatic carboxylic acids is 1. The summed E-state index contributed by atoms with van der Waals surface area (Å²) < 4.78 is 0.623. The van der Waals surface area contributed by atoms with E-state index in [1.54, 1.807) is 12.1 Å². The summed E-state index contributed by atoms with van der Waals surface area (Å²) in [6.45, 7) is 4.57. The lowest BCUT2D eigenvalue weighted by Gasteiger charge is -2.21. The number of benzene rings is 2. The number of nitrogens with zero attached hydrogens (tertiary/aromatic N) is 1. The van der Waals surface area contributed by atoms with Gasteiger partial charge in [-0.15, -0.1) is 0 Å². The van der Waals surface area contributed by atoms with Crippen LogP contribution in [-0.2, 0) is 9.59 Å². The Hall–Kier alpha value is -2.71. The van der Waals surface area contributed by atoms with Gasteiger partial charge in [-0.3, -0.25) is 14.5 Å². The SMILES string of the molecule is Cc1ccc(C)c(NC(=O)CN(CCC(=O)Nc2ccc(Br)cc2C(=O)O)C2CC2)c1. The second-order valence-corrected chi connectivity index (χ2v) is 8.78. The predicted octanol–water partition coefficient (Wildman–Crippen LogP) is 4.20. The number of hydrogen-bond acceptors (Lipinski definition) is 4. The van der Waals surface area contributed by atoms with Crippen LogP contribution in [0.4, 0.5) is 11.4 Å². The van der Waals surface area contributed by atoms with E-state index >= 15 is 0 Å². The van der Waals surface area contributed by atoms with Crippen LogP contribution in [0.2, 0.25) is 0 Å². The summed E-state index contributed by atoms with van der Waals surface area (Å²) in [5.74, 6) is -1.51. The van der Waals surface area contributed by atoms with Gasteiger partial charge in [0.25, 0.3) is 0 Å². The minimum absolute atomic E-state index is 0.0228. The molecule has 0 radical (unpaired) electrons. The molecule has 8 heteroatoms. The number of halogens is 1. The van der Waals surface area contributed by atoms with Crippen molar-refractivity contribution in [1.82, 2.24) is 4.90 Å². The first kappa shape index (κ1) is 23.0. The monoisotopic (exact) mass is 487 g/mol. The van der Waals surface area contributed by atoms with E-state index in [0.29, 0.717) is 17.1 Å². The lowest BCUT2D eigenvalue weighted by atomic mass is 10.1. The fourth-order valence-corrected chi connectivity index (χ4v) is 3.70. The normalized spacial score (nSPS) is 13.2. The van der Waals surface area contributed by atoms with Crippen molar-refractivity contribution in [3.63, 3.8) is 0 Å². The van der Waals surface area contributed by atoms with Gasteiger partial charge in [-0.1, -0.05) is 28.1 Å². The van der Waals surface area contributed by atoms with E-state index < -0.39 is 5.97 Å². The highest BCUT2D eigenvalue weighted by Gasteiger charge is 2.30. The maximum Gasteiger partial charge on any atom is 0.337 e.